The minimum Gasteiger partial charge on any atom is -0.457 e. The van der Waals surface area contributed by atoms with Crippen molar-refractivity contribution in [2.45, 2.75) is 26.3 Å². The molecule has 1 amide bonds. The number of aromatic nitrogens is 6. The van der Waals surface area contributed by atoms with Gasteiger partial charge in [0.1, 0.15) is 34.7 Å². The largest absolute Gasteiger partial charge is 0.457 e. The van der Waals surface area contributed by atoms with Crippen molar-refractivity contribution in [2.24, 2.45) is 6.98 Å². The maximum atomic E-state index is 15.7. The van der Waals surface area contributed by atoms with Crippen LogP contribution in [0.15, 0.2) is 61.4 Å². The Kier molecular flexibility index (Phi) is 5.81. The first-order valence-electron chi connectivity index (χ1n) is 14.8. The molecule has 0 radical (unpaired) electrons. The van der Waals surface area contributed by atoms with Crippen LogP contribution in [0, 0.1) is 12.7 Å². The van der Waals surface area contributed by atoms with Gasteiger partial charge in [0.2, 0.25) is 5.91 Å². The van der Waals surface area contributed by atoms with Gasteiger partial charge in [0.25, 0.3) is 0 Å². The van der Waals surface area contributed by atoms with Gasteiger partial charge < -0.3 is 19.9 Å². The third-order valence-electron chi connectivity index (χ3n) is 7.37. The minimum absolute atomic E-state index is 0.110. The Bertz CT molecular complexity index is 1960. The van der Waals surface area contributed by atoms with E-state index in [1.807, 2.05) is 26.0 Å². The number of hydrogen-bond donors (Lipinski definition) is 1. The Labute approximate surface area is 245 Å². The van der Waals surface area contributed by atoms with Crippen molar-refractivity contribution < 1.29 is 18.0 Å². The molecule has 0 atom stereocenters. The van der Waals surface area contributed by atoms with E-state index in [4.69, 9.17) is 13.8 Å². The number of carbonyl (C=O) groups excluding carboxylic acids is 1. The average Bonchev–Trinajstić information content (AvgIpc) is 3.44. The van der Waals surface area contributed by atoms with Crippen LogP contribution in [0.1, 0.15) is 23.5 Å². The number of nitrogens with zero attached hydrogens (tertiary/aromatic N) is 8. The molecule has 11 nitrogen and oxygen atoms in total. The highest BCUT2D eigenvalue weighted by Crippen LogP contribution is 2.34. The van der Waals surface area contributed by atoms with Crippen molar-refractivity contribution in [1.29, 1.82) is 0 Å². The highest BCUT2D eigenvalue weighted by molar-refractivity contribution is 5.89. The summed E-state index contributed by atoms with van der Waals surface area (Å²) in [6.45, 7) is 8.39. The molecule has 2 aromatic carbocycles. The van der Waals surface area contributed by atoms with Gasteiger partial charge in [-0.05, 0) is 63.2 Å². The van der Waals surface area contributed by atoms with Gasteiger partial charge in [-0.3, -0.25) is 4.79 Å². The number of anilines is 3. The summed E-state index contributed by atoms with van der Waals surface area (Å²) in [5.41, 5.74) is 1.67. The second-order valence-electron chi connectivity index (χ2n) is 10.6. The number of pyridine rings is 1. The molecule has 42 heavy (non-hydrogen) atoms. The summed E-state index contributed by atoms with van der Waals surface area (Å²) in [5, 5.41) is 10.7. The number of rotatable bonds is 6. The quantitative estimate of drug-likeness (QED) is 0.285. The Morgan fingerprint density at radius 1 is 1.17 bits per heavy atom. The zero-order chi connectivity index (χ0) is 32.1. The molecule has 6 rings (SSSR count). The molecule has 0 unspecified atom stereocenters. The summed E-state index contributed by atoms with van der Waals surface area (Å²) in [6.07, 6.45) is 2.72. The number of aryl methyl sites for hydroxylation is 1. The fraction of sp³-hybridized carbons (Fsp3) is 0.267. The monoisotopic (exact) mass is 570 g/mol. The Morgan fingerprint density at radius 3 is 2.81 bits per heavy atom. The number of piperazine rings is 1. The van der Waals surface area contributed by atoms with E-state index in [2.05, 4.69) is 37.1 Å². The highest BCUT2D eigenvalue weighted by Gasteiger charge is 2.36. The van der Waals surface area contributed by atoms with Gasteiger partial charge in [0.05, 0.1) is 22.3 Å². The molecule has 1 saturated heterocycles. The molecule has 0 spiro atoms. The number of nitrogens with one attached hydrogen (secondary N) is 1. The zero-order valence-corrected chi connectivity index (χ0v) is 23.3. The summed E-state index contributed by atoms with van der Waals surface area (Å²) < 4.78 is 45.2. The van der Waals surface area contributed by atoms with Crippen molar-refractivity contribution in [3.05, 3.63) is 72.8 Å². The van der Waals surface area contributed by atoms with Gasteiger partial charge in [-0.1, -0.05) is 11.8 Å². The van der Waals surface area contributed by atoms with E-state index in [1.54, 1.807) is 36.1 Å². The van der Waals surface area contributed by atoms with E-state index in [1.165, 1.54) is 18.5 Å². The van der Waals surface area contributed by atoms with Gasteiger partial charge in [0, 0.05) is 42.4 Å². The Morgan fingerprint density at radius 2 is 2.02 bits per heavy atom. The maximum absolute atomic E-state index is 15.7. The van der Waals surface area contributed by atoms with Crippen molar-refractivity contribution >= 4 is 45.3 Å². The highest BCUT2D eigenvalue weighted by atomic mass is 19.1. The van der Waals surface area contributed by atoms with Crippen LogP contribution in [0.5, 0.6) is 11.5 Å². The number of benzene rings is 2. The predicted molar refractivity (Wildman–Crippen MR) is 159 cm³/mol. The summed E-state index contributed by atoms with van der Waals surface area (Å²) in [5.74, 6) is 0.979. The lowest BCUT2D eigenvalue weighted by Crippen LogP contribution is -2.61. The molecule has 4 heterocycles. The lowest BCUT2D eigenvalue weighted by molar-refractivity contribution is -0.131. The third-order valence-corrected chi connectivity index (χ3v) is 7.37. The Balaban J connectivity index is 1.24. The van der Waals surface area contributed by atoms with Crippen LogP contribution in [-0.2, 0) is 11.8 Å². The van der Waals surface area contributed by atoms with Crippen LogP contribution < -0.4 is 15.0 Å². The molecular formula is C30H30FN9O2. The van der Waals surface area contributed by atoms with E-state index < -0.39 is 18.3 Å². The summed E-state index contributed by atoms with van der Waals surface area (Å²) >= 11 is 0. The normalized spacial score (nSPS) is 16.1. The molecule has 5 aromatic rings. The molecule has 214 valence electrons. The zero-order valence-electron chi connectivity index (χ0n) is 26.3. The topological polar surface area (TPSA) is 114 Å². The smallest absolute Gasteiger partial charge is 0.246 e. The van der Waals surface area contributed by atoms with Gasteiger partial charge in [-0.25, -0.2) is 24.0 Å². The fourth-order valence-corrected chi connectivity index (χ4v) is 5.16. The molecule has 1 aliphatic heterocycles. The number of halogens is 1. The van der Waals surface area contributed by atoms with E-state index in [-0.39, 0.29) is 22.9 Å². The number of carbonyl (C=O) groups is 1. The number of fused-ring (bicyclic) bond motifs is 2. The maximum Gasteiger partial charge on any atom is 0.246 e. The van der Waals surface area contributed by atoms with Gasteiger partial charge in [0.15, 0.2) is 11.6 Å². The number of amides is 1. The molecule has 1 fully saturated rings. The molecule has 1 N–H and O–H groups in total. The molecule has 0 bridgehead atoms. The molecular weight excluding hydrogens is 537 g/mol. The molecule has 3 aromatic heterocycles. The van der Waals surface area contributed by atoms with Crippen LogP contribution in [0.4, 0.5) is 21.7 Å². The number of ether oxygens (including phenoxy) is 1. The van der Waals surface area contributed by atoms with Crippen molar-refractivity contribution in [3.63, 3.8) is 0 Å². The van der Waals surface area contributed by atoms with E-state index in [0.29, 0.717) is 59.1 Å². The summed E-state index contributed by atoms with van der Waals surface area (Å²) in [6, 6.07) is 11.5. The average molecular weight is 571 g/mol. The van der Waals surface area contributed by atoms with Gasteiger partial charge in [-0.15, -0.1) is 5.10 Å². The second-order valence-corrected chi connectivity index (χ2v) is 10.6. The Hall–Kier alpha value is -5.13. The second kappa shape index (κ2) is 10.4. The van der Waals surface area contributed by atoms with E-state index in [0.717, 1.165) is 4.68 Å². The SMILES string of the molecule is [2H]C([2H])([2H])n1nnc2cc(Oc3ccc(Nc4ncnc5ccc(N6CCN(C(=O)C=C)C(C)(C)C6)nc45)c(F)c3C)ccc21. The molecule has 0 aliphatic carbocycles. The van der Waals surface area contributed by atoms with Crippen LogP contribution in [0.3, 0.4) is 0 Å². The minimum atomic E-state index is -2.47. The van der Waals surface area contributed by atoms with E-state index >= 15 is 4.39 Å². The van der Waals surface area contributed by atoms with Gasteiger partial charge in [-0.2, -0.15) is 0 Å². The first-order valence-corrected chi connectivity index (χ1v) is 13.3. The predicted octanol–water partition coefficient (Wildman–Crippen LogP) is 4.90. The lowest BCUT2D eigenvalue weighted by Gasteiger charge is -2.47. The van der Waals surface area contributed by atoms with Crippen LogP contribution in [0.25, 0.3) is 22.1 Å². The van der Waals surface area contributed by atoms with Crippen molar-refractivity contribution in [1.82, 2.24) is 34.8 Å². The first-order chi connectivity index (χ1) is 21.4. The molecule has 12 heteroatoms. The van der Waals surface area contributed by atoms with E-state index in [9.17, 15) is 4.79 Å². The lowest BCUT2D eigenvalue weighted by atomic mass is 9.98. The van der Waals surface area contributed by atoms with Gasteiger partial charge >= 0.3 is 0 Å². The summed E-state index contributed by atoms with van der Waals surface area (Å²) in [7, 11) is 0. The van der Waals surface area contributed by atoms with Crippen LogP contribution >= 0.6 is 0 Å². The third kappa shape index (κ3) is 4.84. The van der Waals surface area contributed by atoms with Crippen LogP contribution in [0.2, 0.25) is 0 Å². The standard InChI is InChI=1S/C30H30FN9O2/c1-6-26(41)40-14-13-39(16-30(40,3)4)25-12-9-21-28(35-25)29(33-17-32-21)34-20-8-11-24(18(2)27(20)31)42-19-7-10-23-22(15-19)36-37-38(23)5/h6-12,15,17H,1,13-14,16H2,2-5H3,(H,32,33,34)/i5D3. The van der Waals surface area contributed by atoms with Crippen molar-refractivity contribution in [3.8, 4) is 11.5 Å². The first kappa shape index (κ1) is 23.6. The summed E-state index contributed by atoms with van der Waals surface area (Å²) in [4.78, 5) is 29.8. The van der Waals surface area contributed by atoms with Crippen molar-refractivity contribution in [2.75, 3.05) is 29.9 Å². The fourth-order valence-electron chi connectivity index (χ4n) is 5.16. The molecule has 1 aliphatic rings. The number of hydrogen-bond acceptors (Lipinski definition) is 9. The van der Waals surface area contributed by atoms with Crippen LogP contribution in [-0.4, -0.2) is 65.9 Å². The molecule has 0 saturated carbocycles.